The Kier molecular flexibility index (Phi) is 5.09. The van der Waals surface area contributed by atoms with Gasteiger partial charge < -0.3 is 9.80 Å². The summed E-state index contributed by atoms with van der Waals surface area (Å²) in [6, 6.07) is 7.92. The molecular formula is C21H25N5O2. The predicted molar refractivity (Wildman–Crippen MR) is 106 cm³/mol. The maximum Gasteiger partial charge on any atom is 0.273 e. The van der Waals surface area contributed by atoms with Crippen molar-refractivity contribution in [3.8, 4) is 11.3 Å². The summed E-state index contributed by atoms with van der Waals surface area (Å²) in [6.45, 7) is 3.74. The Hall–Kier alpha value is -2.80. The highest BCUT2D eigenvalue weighted by Crippen LogP contribution is 2.23. The monoisotopic (exact) mass is 379 g/mol. The molecule has 1 atom stereocenters. The standard InChI is InChI=1S/C21H25N5O2/c1-24(2)21(28)19-13-22-12-18(23-19)15-5-7-16(8-6-15)20(27)26-11-10-25-9-3-4-17(25)14-26/h5-8,12-13,17H,3-4,9-11,14H2,1-2H3/t17-/m0/s1. The second-order valence-corrected chi connectivity index (χ2v) is 7.65. The molecule has 2 saturated heterocycles. The summed E-state index contributed by atoms with van der Waals surface area (Å²) in [4.78, 5) is 39.5. The maximum atomic E-state index is 12.9. The third-order valence-corrected chi connectivity index (χ3v) is 5.56. The molecule has 4 rings (SSSR count). The number of piperazine rings is 1. The highest BCUT2D eigenvalue weighted by Gasteiger charge is 2.32. The van der Waals surface area contributed by atoms with Gasteiger partial charge in [0.25, 0.3) is 11.8 Å². The summed E-state index contributed by atoms with van der Waals surface area (Å²) in [5.41, 5.74) is 2.44. The third kappa shape index (κ3) is 3.62. The van der Waals surface area contributed by atoms with Crippen LogP contribution in [0.4, 0.5) is 0 Å². The Balaban J connectivity index is 1.49. The fourth-order valence-electron chi connectivity index (χ4n) is 3.98. The molecule has 146 valence electrons. The number of fused-ring (bicyclic) bond motifs is 1. The lowest BCUT2D eigenvalue weighted by molar-refractivity contribution is 0.0571. The van der Waals surface area contributed by atoms with Crippen LogP contribution in [0.1, 0.15) is 33.7 Å². The fraction of sp³-hybridized carbons (Fsp3) is 0.429. The van der Waals surface area contributed by atoms with Crippen LogP contribution in [0.2, 0.25) is 0 Å². The second-order valence-electron chi connectivity index (χ2n) is 7.65. The second kappa shape index (κ2) is 7.67. The van der Waals surface area contributed by atoms with E-state index in [4.69, 9.17) is 0 Å². The molecule has 7 nitrogen and oxygen atoms in total. The summed E-state index contributed by atoms with van der Waals surface area (Å²) < 4.78 is 0. The molecule has 0 unspecified atom stereocenters. The van der Waals surface area contributed by atoms with E-state index >= 15 is 0 Å². The molecule has 0 spiro atoms. The molecule has 0 N–H and O–H groups in total. The van der Waals surface area contributed by atoms with Gasteiger partial charge in [0.1, 0.15) is 5.69 Å². The number of amides is 2. The minimum Gasteiger partial charge on any atom is -0.343 e. The third-order valence-electron chi connectivity index (χ3n) is 5.56. The molecule has 2 aliphatic heterocycles. The minimum absolute atomic E-state index is 0.0840. The van der Waals surface area contributed by atoms with Gasteiger partial charge in [0.15, 0.2) is 0 Å². The van der Waals surface area contributed by atoms with Crippen molar-refractivity contribution in [2.75, 3.05) is 40.3 Å². The molecule has 1 aromatic heterocycles. The number of hydrogen-bond donors (Lipinski definition) is 0. The van der Waals surface area contributed by atoms with E-state index in [1.54, 1.807) is 20.3 Å². The van der Waals surface area contributed by atoms with E-state index in [9.17, 15) is 9.59 Å². The maximum absolute atomic E-state index is 12.9. The lowest BCUT2D eigenvalue weighted by atomic mass is 10.1. The number of carbonyl (C=O) groups is 2. The van der Waals surface area contributed by atoms with Crippen LogP contribution in [0.3, 0.4) is 0 Å². The van der Waals surface area contributed by atoms with Crippen LogP contribution in [-0.4, -0.2) is 82.8 Å². The van der Waals surface area contributed by atoms with Gasteiger partial charge in [-0.25, -0.2) is 4.98 Å². The smallest absolute Gasteiger partial charge is 0.273 e. The Morgan fingerprint density at radius 1 is 1.07 bits per heavy atom. The summed E-state index contributed by atoms with van der Waals surface area (Å²) in [6.07, 6.45) is 5.51. The minimum atomic E-state index is -0.188. The van der Waals surface area contributed by atoms with Crippen molar-refractivity contribution in [2.45, 2.75) is 18.9 Å². The van der Waals surface area contributed by atoms with E-state index < -0.39 is 0 Å². The van der Waals surface area contributed by atoms with Crippen molar-refractivity contribution in [1.29, 1.82) is 0 Å². The first kappa shape index (κ1) is 18.6. The van der Waals surface area contributed by atoms with Crippen molar-refractivity contribution in [2.24, 2.45) is 0 Å². The van der Waals surface area contributed by atoms with Crippen LogP contribution in [0.15, 0.2) is 36.7 Å². The Morgan fingerprint density at radius 3 is 2.61 bits per heavy atom. The topological polar surface area (TPSA) is 69.6 Å². The molecule has 0 radical (unpaired) electrons. The van der Waals surface area contributed by atoms with E-state index in [0.29, 0.717) is 23.0 Å². The fourth-order valence-corrected chi connectivity index (χ4v) is 3.98. The first-order valence-electron chi connectivity index (χ1n) is 9.70. The summed E-state index contributed by atoms with van der Waals surface area (Å²) in [5.74, 6) is -0.104. The zero-order valence-corrected chi connectivity index (χ0v) is 16.3. The Labute approximate surface area is 165 Å². The van der Waals surface area contributed by atoms with Crippen LogP contribution < -0.4 is 0 Å². The predicted octanol–water partition coefficient (Wildman–Crippen LogP) is 1.77. The highest BCUT2D eigenvalue weighted by atomic mass is 16.2. The van der Waals surface area contributed by atoms with E-state index in [2.05, 4.69) is 14.9 Å². The van der Waals surface area contributed by atoms with Crippen molar-refractivity contribution in [3.05, 3.63) is 47.9 Å². The average Bonchev–Trinajstić information content (AvgIpc) is 3.20. The van der Waals surface area contributed by atoms with E-state index in [1.807, 2.05) is 29.2 Å². The lowest BCUT2D eigenvalue weighted by Crippen LogP contribution is -2.52. The molecular weight excluding hydrogens is 354 g/mol. The van der Waals surface area contributed by atoms with Crippen LogP contribution in [0.25, 0.3) is 11.3 Å². The number of nitrogens with zero attached hydrogens (tertiary/aromatic N) is 5. The first-order valence-corrected chi connectivity index (χ1v) is 9.70. The van der Waals surface area contributed by atoms with Crippen LogP contribution in [0.5, 0.6) is 0 Å². The number of carbonyl (C=O) groups excluding carboxylic acids is 2. The highest BCUT2D eigenvalue weighted by molar-refractivity contribution is 5.95. The molecule has 2 aromatic rings. The normalized spacial score (nSPS) is 19.4. The Bertz CT molecular complexity index is 881. The number of benzene rings is 1. The van der Waals surface area contributed by atoms with Crippen molar-refractivity contribution in [3.63, 3.8) is 0 Å². The SMILES string of the molecule is CN(C)C(=O)c1cncc(-c2ccc(C(=O)N3CCN4CCC[C@H]4C3)cc2)n1. The van der Waals surface area contributed by atoms with Crippen molar-refractivity contribution < 1.29 is 9.59 Å². The zero-order chi connectivity index (χ0) is 19.7. The van der Waals surface area contributed by atoms with Gasteiger partial charge in [-0.2, -0.15) is 0 Å². The molecule has 0 aliphatic carbocycles. The molecule has 2 amide bonds. The zero-order valence-electron chi connectivity index (χ0n) is 16.3. The molecule has 7 heteroatoms. The van der Waals surface area contributed by atoms with E-state index in [-0.39, 0.29) is 11.8 Å². The Morgan fingerprint density at radius 2 is 1.86 bits per heavy atom. The molecule has 3 heterocycles. The van der Waals surface area contributed by atoms with E-state index in [1.165, 1.54) is 23.9 Å². The lowest BCUT2D eigenvalue weighted by Gasteiger charge is -2.37. The van der Waals surface area contributed by atoms with Gasteiger partial charge in [0, 0.05) is 50.9 Å². The summed E-state index contributed by atoms with van der Waals surface area (Å²) in [7, 11) is 3.37. The van der Waals surface area contributed by atoms with Crippen LogP contribution in [0, 0.1) is 0 Å². The molecule has 2 aliphatic rings. The van der Waals surface area contributed by atoms with Gasteiger partial charge in [-0.15, -0.1) is 0 Å². The van der Waals surface area contributed by atoms with Gasteiger partial charge in [0.05, 0.1) is 18.1 Å². The van der Waals surface area contributed by atoms with Gasteiger partial charge in [0.2, 0.25) is 0 Å². The number of hydrogen-bond acceptors (Lipinski definition) is 5. The quantitative estimate of drug-likeness (QED) is 0.813. The van der Waals surface area contributed by atoms with Gasteiger partial charge >= 0.3 is 0 Å². The van der Waals surface area contributed by atoms with Crippen molar-refractivity contribution in [1.82, 2.24) is 24.7 Å². The van der Waals surface area contributed by atoms with Crippen LogP contribution in [-0.2, 0) is 0 Å². The number of rotatable bonds is 3. The first-order chi connectivity index (χ1) is 13.5. The number of aromatic nitrogens is 2. The van der Waals surface area contributed by atoms with Crippen molar-refractivity contribution >= 4 is 11.8 Å². The van der Waals surface area contributed by atoms with Gasteiger partial charge in [-0.1, -0.05) is 12.1 Å². The molecule has 2 fully saturated rings. The van der Waals surface area contributed by atoms with Gasteiger partial charge in [-0.3, -0.25) is 19.5 Å². The largest absolute Gasteiger partial charge is 0.343 e. The average molecular weight is 379 g/mol. The molecule has 1 aromatic carbocycles. The molecule has 0 saturated carbocycles. The summed E-state index contributed by atoms with van der Waals surface area (Å²) in [5, 5.41) is 0. The van der Waals surface area contributed by atoms with Gasteiger partial charge in [-0.05, 0) is 31.5 Å². The summed E-state index contributed by atoms with van der Waals surface area (Å²) >= 11 is 0. The van der Waals surface area contributed by atoms with E-state index in [0.717, 1.165) is 31.7 Å². The molecule has 0 bridgehead atoms. The molecule has 28 heavy (non-hydrogen) atoms. The van der Waals surface area contributed by atoms with Crippen LogP contribution >= 0.6 is 0 Å².